The summed E-state index contributed by atoms with van der Waals surface area (Å²) < 4.78 is 0. The second-order valence-corrected chi connectivity index (χ2v) is 4.27. The van der Waals surface area contributed by atoms with Crippen molar-refractivity contribution in [1.29, 1.82) is 0 Å². The van der Waals surface area contributed by atoms with Crippen LogP contribution in [-0.2, 0) is 4.79 Å². The number of carbonyl (C=O) groups excluding carboxylic acids is 1. The number of hydrogen-bond donors (Lipinski definition) is 3. The van der Waals surface area contributed by atoms with Crippen molar-refractivity contribution in [3.8, 4) is 0 Å². The number of nitrogens with one attached hydrogen (secondary N) is 1. The molecule has 0 saturated heterocycles. The highest BCUT2D eigenvalue weighted by atomic mass is 35.5. The largest absolute Gasteiger partial charge is 0.394 e. The number of halogens is 1. The Hall–Kier alpha value is -1.37. The molecule has 1 atom stereocenters. The molecule has 1 rings (SSSR count). The molecule has 0 spiro atoms. The number of rotatable bonds is 6. The number of pyridine rings is 1. The van der Waals surface area contributed by atoms with E-state index in [1.54, 1.807) is 24.1 Å². The van der Waals surface area contributed by atoms with Gasteiger partial charge in [-0.3, -0.25) is 4.79 Å². The molecular weight excluding hydrogens is 258 g/mol. The zero-order valence-corrected chi connectivity index (χ0v) is 10.8. The summed E-state index contributed by atoms with van der Waals surface area (Å²) in [6.45, 7) is -0.251. The first-order valence-corrected chi connectivity index (χ1v) is 5.79. The number of hydrogen-bond acceptors (Lipinski definition) is 5. The van der Waals surface area contributed by atoms with E-state index < -0.39 is 6.10 Å². The van der Waals surface area contributed by atoms with Crippen LogP contribution in [0.1, 0.15) is 0 Å². The number of aliphatic hydroxyl groups is 2. The first kappa shape index (κ1) is 14.7. The minimum atomic E-state index is -0.937. The average Bonchev–Trinajstić information content (AvgIpc) is 2.36. The van der Waals surface area contributed by atoms with Crippen LogP contribution >= 0.6 is 11.6 Å². The van der Waals surface area contributed by atoms with E-state index in [4.69, 9.17) is 21.8 Å². The number of carbonyl (C=O) groups is 1. The summed E-state index contributed by atoms with van der Waals surface area (Å²) in [6, 6.07) is 3.39. The van der Waals surface area contributed by atoms with Crippen LogP contribution in [0.2, 0.25) is 5.02 Å². The summed E-state index contributed by atoms with van der Waals surface area (Å²) in [4.78, 5) is 17.2. The Kier molecular flexibility index (Phi) is 5.84. The summed E-state index contributed by atoms with van der Waals surface area (Å²) in [7, 11) is 1.72. The molecule has 7 heteroatoms. The predicted octanol–water partition coefficient (Wildman–Crippen LogP) is -0.359. The minimum absolute atomic E-state index is 0.0250. The van der Waals surface area contributed by atoms with Gasteiger partial charge in [-0.2, -0.15) is 0 Å². The molecule has 18 heavy (non-hydrogen) atoms. The fraction of sp³-hybridized carbons (Fsp3) is 0.455. The predicted molar refractivity (Wildman–Crippen MR) is 68.6 cm³/mol. The third-order valence-corrected chi connectivity index (χ3v) is 2.45. The lowest BCUT2D eigenvalue weighted by atomic mass is 10.3. The Labute approximate surface area is 110 Å². The zero-order valence-electron chi connectivity index (χ0n) is 10.0. The van der Waals surface area contributed by atoms with Crippen molar-refractivity contribution < 1.29 is 15.0 Å². The van der Waals surface area contributed by atoms with E-state index in [-0.39, 0.29) is 25.6 Å². The molecule has 0 bridgehead atoms. The van der Waals surface area contributed by atoms with Crippen LogP contribution < -0.4 is 10.2 Å². The third-order valence-electron chi connectivity index (χ3n) is 2.23. The van der Waals surface area contributed by atoms with E-state index in [2.05, 4.69) is 10.3 Å². The molecule has 0 aliphatic rings. The molecule has 1 unspecified atom stereocenters. The molecule has 1 aromatic heterocycles. The molecule has 100 valence electrons. The van der Waals surface area contributed by atoms with Crippen molar-refractivity contribution in [3.63, 3.8) is 0 Å². The molecule has 0 saturated carbocycles. The van der Waals surface area contributed by atoms with E-state index in [0.717, 1.165) is 0 Å². The van der Waals surface area contributed by atoms with Gasteiger partial charge in [-0.25, -0.2) is 4.98 Å². The summed E-state index contributed by atoms with van der Waals surface area (Å²) in [5.41, 5.74) is 0. The van der Waals surface area contributed by atoms with Gasteiger partial charge in [-0.05, 0) is 12.1 Å². The van der Waals surface area contributed by atoms with Crippen LogP contribution in [0.15, 0.2) is 18.3 Å². The Balaban J connectivity index is 2.42. The van der Waals surface area contributed by atoms with Crippen LogP contribution in [-0.4, -0.2) is 54.0 Å². The van der Waals surface area contributed by atoms with Gasteiger partial charge < -0.3 is 20.4 Å². The normalized spacial score (nSPS) is 12.0. The molecule has 0 fully saturated rings. The van der Waals surface area contributed by atoms with Gasteiger partial charge in [-0.15, -0.1) is 0 Å². The molecular formula is C11H16ClN3O3. The Bertz CT molecular complexity index is 386. The van der Waals surface area contributed by atoms with Gasteiger partial charge in [-0.1, -0.05) is 11.6 Å². The van der Waals surface area contributed by atoms with Crippen LogP contribution in [0.5, 0.6) is 0 Å². The molecule has 3 N–H and O–H groups in total. The lowest BCUT2D eigenvalue weighted by molar-refractivity contribution is -0.120. The Morgan fingerprint density at radius 2 is 2.33 bits per heavy atom. The second-order valence-electron chi connectivity index (χ2n) is 3.83. The van der Waals surface area contributed by atoms with Gasteiger partial charge in [0.15, 0.2) is 0 Å². The third kappa shape index (κ3) is 4.87. The van der Waals surface area contributed by atoms with Crippen molar-refractivity contribution in [2.24, 2.45) is 0 Å². The Morgan fingerprint density at radius 3 is 2.89 bits per heavy atom. The average molecular weight is 274 g/mol. The van der Waals surface area contributed by atoms with Gasteiger partial charge in [0.2, 0.25) is 5.91 Å². The monoisotopic (exact) mass is 273 g/mol. The quantitative estimate of drug-likeness (QED) is 0.659. The fourth-order valence-corrected chi connectivity index (χ4v) is 1.35. The summed E-state index contributed by atoms with van der Waals surface area (Å²) in [6.07, 6.45) is 0.564. The van der Waals surface area contributed by atoms with Crippen LogP contribution in [0.3, 0.4) is 0 Å². The molecule has 6 nitrogen and oxygen atoms in total. The lowest BCUT2D eigenvalue weighted by Crippen LogP contribution is -2.40. The van der Waals surface area contributed by atoms with Gasteiger partial charge in [0, 0.05) is 19.8 Å². The highest BCUT2D eigenvalue weighted by molar-refractivity contribution is 6.30. The van der Waals surface area contributed by atoms with Crippen LogP contribution in [0.25, 0.3) is 0 Å². The SMILES string of the molecule is CN(CC(=O)NCC(O)CO)c1ccc(Cl)cn1. The molecule has 0 aliphatic heterocycles. The second kappa shape index (κ2) is 7.15. The highest BCUT2D eigenvalue weighted by Gasteiger charge is 2.10. The maximum Gasteiger partial charge on any atom is 0.239 e. The van der Waals surface area contributed by atoms with Crippen molar-refractivity contribution in [2.45, 2.75) is 6.10 Å². The van der Waals surface area contributed by atoms with Crippen molar-refractivity contribution >= 4 is 23.3 Å². The first-order chi connectivity index (χ1) is 8.52. The van der Waals surface area contributed by atoms with E-state index >= 15 is 0 Å². The number of aliphatic hydroxyl groups excluding tert-OH is 2. The number of amides is 1. The number of anilines is 1. The van der Waals surface area contributed by atoms with Crippen molar-refractivity contribution in [2.75, 3.05) is 31.6 Å². The lowest BCUT2D eigenvalue weighted by Gasteiger charge is -2.18. The fourth-order valence-electron chi connectivity index (χ4n) is 1.24. The summed E-state index contributed by atoms with van der Waals surface area (Å²) in [5, 5.41) is 20.7. The van der Waals surface area contributed by atoms with Gasteiger partial charge in [0.25, 0.3) is 0 Å². The number of likely N-dealkylation sites (N-methyl/N-ethyl adjacent to an activating group) is 1. The van der Waals surface area contributed by atoms with Crippen LogP contribution in [0, 0.1) is 0 Å². The smallest absolute Gasteiger partial charge is 0.239 e. The zero-order chi connectivity index (χ0) is 13.5. The van der Waals surface area contributed by atoms with Crippen molar-refractivity contribution in [1.82, 2.24) is 10.3 Å². The molecule has 1 aromatic rings. The van der Waals surface area contributed by atoms with Crippen LogP contribution in [0.4, 0.5) is 5.82 Å². The Morgan fingerprint density at radius 1 is 1.61 bits per heavy atom. The van der Waals surface area contributed by atoms with E-state index in [1.807, 2.05) is 0 Å². The van der Waals surface area contributed by atoms with Gasteiger partial charge in [0.05, 0.1) is 24.3 Å². The van der Waals surface area contributed by atoms with Gasteiger partial charge in [0.1, 0.15) is 5.82 Å². The standard InChI is InChI=1S/C11H16ClN3O3/c1-15(10-3-2-8(12)4-13-10)6-11(18)14-5-9(17)7-16/h2-4,9,16-17H,5-7H2,1H3,(H,14,18). The van der Waals surface area contributed by atoms with Gasteiger partial charge >= 0.3 is 0 Å². The minimum Gasteiger partial charge on any atom is -0.394 e. The summed E-state index contributed by atoms with van der Waals surface area (Å²) in [5.74, 6) is 0.360. The molecule has 0 aliphatic carbocycles. The van der Waals surface area contributed by atoms with E-state index in [9.17, 15) is 4.79 Å². The summed E-state index contributed by atoms with van der Waals surface area (Å²) >= 11 is 5.71. The number of nitrogens with zero attached hydrogens (tertiary/aromatic N) is 2. The van der Waals surface area contributed by atoms with Crippen molar-refractivity contribution in [3.05, 3.63) is 23.4 Å². The molecule has 1 heterocycles. The molecule has 0 aromatic carbocycles. The topological polar surface area (TPSA) is 85.7 Å². The number of aromatic nitrogens is 1. The maximum atomic E-state index is 11.5. The maximum absolute atomic E-state index is 11.5. The van der Waals surface area contributed by atoms with E-state index in [1.165, 1.54) is 6.20 Å². The highest BCUT2D eigenvalue weighted by Crippen LogP contribution is 2.12. The van der Waals surface area contributed by atoms with E-state index in [0.29, 0.717) is 10.8 Å². The first-order valence-electron chi connectivity index (χ1n) is 5.41. The molecule has 0 radical (unpaired) electrons. The molecule has 1 amide bonds.